The van der Waals surface area contributed by atoms with Crippen LogP contribution in [-0.4, -0.2) is 0 Å². The van der Waals surface area contributed by atoms with Gasteiger partial charge in [-0.05, 0) is 111 Å². The maximum atomic E-state index is 2.39. The summed E-state index contributed by atoms with van der Waals surface area (Å²) in [6, 6.07) is 50.8. The maximum Gasteiger partial charge on any atom is 2.00 e. The fraction of sp³-hybridized carbons (Fsp3) is 0.143. The first kappa shape index (κ1) is 38.8. The number of benzene rings is 6. The van der Waals surface area contributed by atoms with Gasteiger partial charge in [0, 0.05) is 0 Å². The third-order valence-electron chi connectivity index (χ3n) is 8.40. The fourth-order valence-electron chi connectivity index (χ4n) is 5.96. The molecule has 47 heavy (non-hydrogen) atoms. The molecular weight excluding hydrogens is 738 g/mol. The molecule has 0 unspecified atom stereocenters. The molecule has 240 valence electrons. The van der Waals surface area contributed by atoms with Crippen molar-refractivity contribution >= 4 is 47.7 Å². The molecule has 0 aliphatic heterocycles. The zero-order valence-corrected chi connectivity index (χ0v) is 32.7. The second-order valence-electron chi connectivity index (χ2n) is 12.0. The molecule has 0 N–H and O–H groups in total. The Labute approximate surface area is 309 Å². The van der Waals surface area contributed by atoms with Crippen LogP contribution in [0.25, 0.3) is 11.1 Å². The van der Waals surface area contributed by atoms with E-state index in [4.69, 9.17) is 0 Å². The van der Waals surface area contributed by atoms with Crippen molar-refractivity contribution in [1.29, 1.82) is 0 Å². The molecule has 6 rings (SSSR count). The average Bonchev–Trinajstić information content (AvgIpc) is 3.02. The molecule has 0 saturated carbocycles. The van der Waals surface area contributed by atoms with E-state index in [1.54, 1.807) is 0 Å². The van der Waals surface area contributed by atoms with E-state index in [2.05, 4.69) is 175 Å². The first-order valence-electron chi connectivity index (χ1n) is 15.4. The minimum absolute atomic E-state index is 0. The molecule has 0 bridgehead atoms. The fourth-order valence-corrected chi connectivity index (χ4v) is 10.9. The van der Waals surface area contributed by atoms with Gasteiger partial charge in [0.15, 0.2) is 0 Å². The first-order chi connectivity index (χ1) is 21.3. The number of aryl methyl sites for hydroxylation is 6. The maximum absolute atomic E-state index is 2.39. The van der Waals surface area contributed by atoms with Crippen molar-refractivity contribution in [3.05, 3.63) is 167 Å². The van der Waals surface area contributed by atoms with Crippen LogP contribution in [0.1, 0.15) is 33.4 Å². The van der Waals surface area contributed by atoms with Gasteiger partial charge < -0.3 is 24.8 Å². The Balaban J connectivity index is 0.00000200. The average molecular weight is 779 g/mol. The number of hydrogen-bond acceptors (Lipinski definition) is 0. The number of hydrogen-bond donors (Lipinski definition) is 0. The number of halogens is 2. The van der Waals surface area contributed by atoms with Gasteiger partial charge in [0.1, 0.15) is 0 Å². The first-order valence-corrected chi connectivity index (χ1v) is 18.0. The van der Waals surface area contributed by atoms with Crippen LogP contribution in [0.4, 0.5) is 0 Å². The van der Waals surface area contributed by atoms with Gasteiger partial charge in [-0.25, -0.2) is 0 Å². The summed E-state index contributed by atoms with van der Waals surface area (Å²) < 4.78 is 0. The molecule has 0 fully saturated rings. The van der Waals surface area contributed by atoms with E-state index in [0.717, 1.165) is 0 Å². The van der Waals surface area contributed by atoms with E-state index < -0.39 is 15.8 Å². The topological polar surface area (TPSA) is 0 Å². The molecule has 0 aliphatic carbocycles. The van der Waals surface area contributed by atoms with E-state index in [1.807, 2.05) is 0 Å². The van der Waals surface area contributed by atoms with Gasteiger partial charge in [0.25, 0.3) is 0 Å². The van der Waals surface area contributed by atoms with Gasteiger partial charge in [-0.2, -0.15) is 0 Å². The van der Waals surface area contributed by atoms with Crippen molar-refractivity contribution < 1.29 is 44.3 Å². The molecule has 0 nitrogen and oxygen atoms in total. The van der Waals surface area contributed by atoms with E-state index in [-0.39, 0.29) is 44.3 Å². The smallest absolute Gasteiger partial charge is 1.00 e. The van der Waals surface area contributed by atoms with E-state index in [1.165, 1.54) is 76.3 Å². The predicted molar refractivity (Wildman–Crippen MR) is 198 cm³/mol. The van der Waals surface area contributed by atoms with Crippen LogP contribution in [0, 0.1) is 41.5 Å². The summed E-state index contributed by atoms with van der Waals surface area (Å²) in [4.78, 5) is 0. The molecular formula is C42H40Cl2P2Ru. The molecule has 0 amide bonds. The van der Waals surface area contributed by atoms with Gasteiger partial charge >= 0.3 is 19.5 Å². The van der Waals surface area contributed by atoms with Crippen molar-refractivity contribution in [2.24, 2.45) is 0 Å². The van der Waals surface area contributed by atoms with Crippen LogP contribution in [0.15, 0.2) is 133 Å². The minimum Gasteiger partial charge on any atom is -1.00 e. The Morgan fingerprint density at radius 1 is 0.319 bits per heavy atom. The van der Waals surface area contributed by atoms with Gasteiger partial charge in [-0.3, -0.25) is 0 Å². The van der Waals surface area contributed by atoms with E-state index in [9.17, 15) is 0 Å². The molecule has 0 spiro atoms. The minimum atomic E-state index is -0.785. The van der Waals surface area contributed by atoms with Crippen LogP contribution in [0.3, 0.4) is 0 Å². The Hall–Kier alpha value is -2.62. The normalized spacial score (nSPS) is 10.6. The van der Waals surface area contributed by atoms with Crippen LogP contribution in [0.5, 0.6) is 0 Å². The van der Waals surface area contributed by atoms with Crippen LogP contribution >= 0.6 is 15.8 Å². The summed E-state index contributed by atoms with van der Waals surface area (Å²) in [7, 11) is -1.57. The second kappa shape index (κ2) is 17.2. The monoisotopic (exact) mass is 778 g/mol. The van der Waals surface area contributed by atoms with Crippen molar-refractivity contribution in [2.45, 2.75) is 41.5 Å². The van der Waals surface area contributed by atoms with Crippen LogP contribution < -0.4 is 56.6 Å². The van der Waals surface area contributed by atoms with E-state index in [0.29, 0.717) is 0 Å². The molecule has 0 atom stereocenters. The summed E-state index contributed by atoms with van der Waals surface area (Å²) in [5.41, 5.74) is 10.6. The largest absolute Gasteiger partial charge is 2.00 e. The third kappa shape index (κ3) is 8.52. The molecule has 6 aromatic carbocycles. The number of rotatable bonds is 7. The van der Waals surface area contributed by atoms with E-state index >= 15 is 0 Å². The van der Waals surface area contributed by atoms with Gasteiger partial charge in [-0.1, -0.05) is 156 Å². The zero-order chi connectivity index (χ0) is 30.8. The Morgan fingerprint density at radius 2 is 0.553 bits per heavy atom. The molecule has 0 heterocycles. The summed E-state index contributed by atoms with van der Waals surface area (Å²) in [6.07, 6.45) is 0. The summed E-state index contributed by atoms with van der Waals surface area (Å²) >= 11 is 0. The van der Waals surface area contributed by atoms with Gasteiger partial charge in [0.2, 0.25) is 0 Å². The molecule has 0 aromatic heterocycles. The van der Waals surface area contributed by atoms with Gasteiger partial charge in [0.05, 0.1) is 0 Å². The molecule has 6 aromatic rings. The quantitative estimate of drug-likeness (QED) is 0.173. The predicted octanol–water partition coefficient (Wildman–Crippen LogP) is 2.73. The van der Waals surface area contributed by atoms with Crippen molar-refractivity contribution in [1.82, 2.24) is 0 Å². The Bertz CT molecular complexity index is 1670. The summed E-state index contributed by atoms with van der Waals surface area (Å²) in [5.74, 6) is 0. The molecule has 0 saturated heterocycles. The van der Waals surface area contributed by atoms with Crippen molar-refractivity contribution in [3.63, 3.8) is 0 Å². The molecule has 5 heteroatoms. The van der Waals surface area contributed by atoms with Crippen molar-refractivity contribution in [2.75, 3.05) is 0 Å². The van der Waals surface area contributed by atoms with Gasteiger partial charge in [-0.15, -0.1) is 0 Å². The third-order valence-corrected chi connectivity index (χ3v) is 13.4. The second-order valence-corrected chi connectivity index (χ2v) is 16.3. The SMILES string of the molecule is Cc1ccc(P(c2ccc(C)cc2)c2cccc(C)c2-c2c(C)cccc2P(c2ccc(C)cc2)c2ccc(C)cc2)cc1.[Cl-].[Cl-].[Ru+2]. The Morgan fingerprint density at radius 3 is 0.787 bits per heavy atom. The van der Waals surface area contributed by atoms with Crippen LogP contribution in [-0.2, 0) is 19.5 Å². The molecule has 0 aliphatic rings. The van der Waals surface area contributed by atoms with Crippen LogP contribution in [0.2, 0.25) is 0 Å². The zero-order valence-electron chi connectivity index (χ0n) is 27.7. The Kier molecular flexibility index (Phi) is 14.2. The standard InChI is InChI=1S/C42H40P2.2ClH.Ru/c1-29-13-21-35(22-14-29)43(36-23-15-30(2)16-24-36)39-11-7-9-33(5)41(39)42-34(6)10-8-12-40(42)44(37-25-17-31(3)18-26-37)38-27-19-32(4)20-28-38;;;/h7-28H,1-6H3;2*1H;/q;;;+2/p-2. The summed E-state index contributed by atoms with van der Waals surface area (Å²) in [6.45, 7) is 13.3. The van der Waals surface area contributed by atoms with Crippen molar-refractivity contribution in [3.8, 4) is 11.1 Å². The molecule has 0 radical (unpaired) electrons. The summed E-state index contributed by atoms with van der Waals surface area (Å²) in [5, 5.41) is 8.38.